The summed E-state index contributed by atoms with van der Waals surface area (Å²) in [6.45, 7) is 3.26. The number of halogens is 4. The molecule has 1 aromatic heterocycles. The number of hydrogen-bond acceptors (Lipinski definition) is 5. The molecule has 1 aliphatic rings. The number of aliphatic hydroxyl groups is 1. The Morgan fingerprint density at radius 1 is 1.26 bits per heavy atom. The van der Waals surface area contributed by atoms with Crippen LogP contribution in [0.5, 0.6) is 5.75 Å². The molecule has 0 saturated carbocycles. The number of aromatic nitrogens is 2. The first kappa shape index (κ1) is 21.4. The number of alkyl halides is 3. The smallest absolute Gasteiger partial charge is 0.419 e. The predicted octanol–water partition coefficient (Wildman–Crippen LogP) is 5.55. The Morgan fingerprint density at radius 2 is 2.00 bits per heavy atom. The first-order valence-electron chi connectivity index (χ1n) is 9.51. The highest BCUT2D eigenvalue weighted by atomic mass is 35.5. The molecule has 1 aliphatic carbocycles. The van der Waals surface area contributed by atoms with Gasteiger partial charge in [-0.25, -0.2) is 9.97 Å². The van der Waals surface area contributed by atoms with Crippen molar-refractivity contribution in [2.45, 2.75) is 38.1 Å². The van der Waals surface area contributed by atoms with Crippen LogP contribution in [0.1, 0.15) is 36.3 Å². The summed E-state index contributed by atoms with van der Waals surface area (Å²) in [6, 6.07) is 6.07. The number of phenolic OH excluding ortho intramolecular Hbond substituents is 1. The average Bonchev–Trinajstić information content (AvgIpc) is 2.71. The van der Waals surface area contributed by atoms with E-state index in [1.165, 1.54) is 24.4 Å². The van der Waals surface area contributed by atoms with Crippen LogP contribution < -0.4 is 5.32 Å². The Morgan fingerprint density at radius 3 is 2.68 bits per heavy atom. The summed E-state index contributed by atoms with van der Waals surface area (Å²) < 4.78 is 42.6. The van der Waals surface area contributed by atoms with E-state index >= 15 is 0 Å². The number of benzene rings is 2. The summed E-state index contributed by atoms with van der Waals surface area (Å²) in [7, 11) is 0. The summed E-state index contributed by atoms with van der Waals surface area (Å²) in [6.07, 6.45) is -2.74. The van der Waals surface area contributed by atoms with Gasteiger partial charge in [0.15, 0.2) is 5.60 Å². The third-order valence-corrected chi connectivity index (χ3v) is 5.92. The Kier molecular flexibility index (Phi) is 5.10. The SMILES string of the molecule is C/C=C1/CC(O)(C(F)(F)F)C(Nc2cccc3nc(C)ncc23)c2ccc(Cl)c(O)c21. The van der Waals surface area contributed by atoms with Crippen LogP contribution in [0.3, 0.4) is 0 Å². The van der Waals surface area contributed by atoms with Gasteiger partial charge in [0.2, 0.25) is 0 Å². The number of nitrogens with one attached hydrogen (secondary N) is 1. The van der Waals surface area contributed by atoms with Crippen molar-refractivity contribution in [2.24, 2.45) is 0 Å². The third kappa shape index (κ3) is 3.40. The van der Waals surface area contributed by atoms with Crippen molar-refractivity contribution in [3.8, 4) is 5.75 Å². The monoisotopic (exact) mass is 449 g/mol. The lowest BCUT2D eigenvalue weighted by Gasteiger charge is -2.44. The fraction of sp³-hybridized carbons (Fsp3) is 0.273. The molecular formula is C22H19ClF3N3O2. The zero-order chi connectivity index (χ0) is 22.6. The number of phenols is 1. The molecule has 1 heterocycles. The molecule has 2 aromatic carbocycles. The molecule has 0 aliphatic heterocycles. The van der Waals surface area contributed by atoms with E-state index in [2.05, 4.69) is 15.3 Å². The van der Waals surface area contributed by atoms with Gasteiger partial charge in [-0.05, 0) is 43.2 Å². The first-order chi connectivity index (χ1) is 14.6. The number of fused-ring (bicyclic) bond motifs is 2. The van der Waals surface area contributed by atoms with E-state index in [-0.39, 0.29) is 27.5 Å². The minimum atomic E-state index is -4.95. The molecule has 3 N–H and O–H groups in total. The molecule has 0 amide bonds. The Balaban J connectivity index is 1.95. The van der Waals surface area contributed by atoms with Gasteiger partial charge in [-0.2, -0.15) is 13.2 Å². The minimum Gasteiger partial charge on any atom is -0.506 e. The Labute approximate surface area is 181 Å². The van der Waals surface area contributed by atoms with Crippen molar-refractivity contribution >= 4 is 33.8 Å². The zero-order valence-corrected chi connectivity index (χ0v) is 17.4. The van der Waals surface area contributed by atoms with Gasteiger partial charge in [-0.1, -0.05) is 29.8 Å². The average molecular weight is 450 g/mol. The second kappa shape index (κ2) is 7.39. The summed E-state index contributed by atoms with van der Waals surface area (Å²) >= 11 is 6.03. The molecule has 2 unspecified atom stereocenters. The van der Waals surface area contributed by atoms with E-state index in [4.69, 9.17) is 11.6 Å². The number of aromatic hydroxyl groups is 1. The lowest BCUT2D eigenvalue weighted by molar-refractivity contribution is -0.265. The molecule has 0 saturated heterocycles. The van der Waals surface area contributed by atoms with Crippen LogP contribution >= 0.6 is 11.6 Å². The molecule has 0 radical (unpaired) electrons. The highest BCUT2D eigenvalue weighted by Crippen LogP contribution is 2.55. The predicted molar refractivity (Wildman–Crippen MR) is 113 cm³/mol. The molecule has 3 aromatic rings. The van der Waals surface area contributed by atoms with Crippen LogP contribution in [-0.4, -0.2) is 32.0 Å². The molecule has 162 valence electrons. The van der Waals surface area contributed by atoms with Crippen LogP contribution in [0.2, 0.25) is 5.02 Å². The number of rotatable bonds is 2. The second-order valence-electron chi connectivity index (χ2n) is 7.51. The molecule has 2 atom stereocenters. The van der Waals surface area contributed by atoms with Gasteiger partial charge in [-0.3, -0.25) is 0 Å². The summed E-state index contributed by atoms with van der Waals surface area (Å²) in [5.41, 5.74) is -1.81. The van der Waals surface area contributed by atoms with Gasteiger partial charge < -0.3 is 15.5 Å². The van der Waals surface area contributed by atoms with Crippen molar-refractivity contribution in [1.29, 1.82) is 0 Å². The normalized spacial score (nSPS) is 22.5. The lowest BCUT2D eigenvalue weighted by Crippen LogP contribution is -2.54. The van der Waals surface area contributed by atoms with Crippen molar-refractivity contribution in [3.63, 3.8) is 0 Å². The second-order valence-corrected chi connectivity index (χ2v) is 7.91. The number of aryl methyl sites for hydroxylation is 1. The highest BCUT2D eigenvalue weighted by molar-refractivity contribution is 6.32. The fourth-order valence-corrected chi connectivity index (χ4v) is 4.19. The van der Waals surface area contributed by atoms with Crippen LogP contribution in [0.15, 0.2) is 42.6 Å². The summed E-state index contributed by atoms with van der Waals surface area (Å²) in [5, 5.41) is 24.9. The van der Waals surface area contributed by atoms with Crippen molar-refractivity contribution < 1.29 is 23.4 Å². The molecule has 31 heavy (non-hydrogen) atoms. The Hall–Kier alpha value is -2.84. The first-order valence-corrected chi connectivity index (χ1v) is 9.89. The van der Waals surface area contributed by atoms with Gasteiger partial charge >= 0.3 is 6.18 Å². The van der Waals surface area contributed by atoms with Crippen LogP contribution in [0.4, 0.5) is 18.9 Å². The quantitative estimate of drug-likeness (QED) is 0.478. The van der Waals surface area contributed by atoms with Crippen molar-refractivity contribution in [3.05, 3.63) is 64.6 Å². The van der Waals surface area contributed by atoms with Crippen LogP contribution in [0.25, 0.3) is 16.5 Å². The van der Waals surface area contributed by atoms with Crippen LogP contribution in [0, 0.1) is 6.92 Å². The summed E-state index contributed by atoms with van der Waals surface area (Å²) in [5.74, 6) is 0.205. The number of anilines is 1. The van der Waals surface area contributed by atoms with E-state index < -0.39 is 24.2 Å². The number of nitrogens with zero attached hydrogens (tertiary/aromatic N) is 2. The van der Waals surface area contributed by atoms with Crippen molar-refractivity contribution in [1.82, 2.24) is 9.97 Å². The van der Waals surface area contributed by atoms with Gasteiger partial charge in [-0.15, -0.1) is 0 Å². The van der Waals surface area contributed by atoms with Crippen LogP contribution in [-0.2, 0) is 0 Å². The number of hydrogen-bond donors (Lipinski definition) is 3. The molecule has 4 rings (SSSR count). The molecule has 0 fully saturated rings. The molecule has 0 spiro atoms. The standard InChI is InChI=1S/C22H19ClF3N3O2/c1-3-12-9-21(31,22(24,25)26)20(13-7-8-15(23)19(30)18(12)13)29-17-6-4-5-16-14(17)10-27-11(2)28-16/h3-8,10,20,29-31H,9H2,1-2H3/b12-3-. The summed E-state index contributed by atoms with van der Waals surface area (Å²) in [4.78, 5) is 8.45. The Bertz CT molecular complexity index is 1210. The molecule has 5 nitrogen and oxygen atoms in total. The molecule has 9 heteroatoms. The van der Waals surface area contributed by atoms with E-state index in [1.807, 2.05) is 0 Å². The zero-order valence-electron chi connectivity index (χ0n) is 16.6. The largest absolute Gasteiger partial charge is 0.506 e. The van der Waals surface area contributed by atoms with Gasteiger partial charge in [0.1, 0.15) is 11.6 Å². The van der Waals surface area contributed by atoms with Crippen molar-refractivity contribution in [2.75, 3.05) is 5.32 Å². The minimum absolute atomic E-state index is 0.0170. The van der Waals surface area contributed by atoms with E-state index in [1.54, 1.807) is 32.0 Å². The van der Waals surface area contributed by atoms with Gasteiger partial charge in [0.05, 0.1) is 16.6 Å². The highest BCUT2D eigenvalue weighted by Gasteiger charge is 2.61. The number of allylic oxidation sites excluding steroid dienone is 1. The maximum atomic E-state index is 14.2. The maximum absolute atomic E-state index is 14.2. The van der Waals surface area contributed by atoms with E-state index in [0.29, 0.717) is 22.4 Å². The topological polar surface area (TPSA) is 78.3 Å². The third-order valence-electron chi connectivity index (χ3n) is 5.62. The lowest BCUT2D eigenvalue weighted by atomic mass is 9.72. The molecule has 0 bridgehead atoms. The van der Waals surface area contributed by atoms with E-state index in [0.717, 1.165) is 0 Å². The van der Waals surface area contributed by atoms with Gasteiger partial charge in [0.25, 0.3) is 0 Å². The molecular weight excluding hydrogens is 431 g/mol. The maximum Gasteiger partial charge on any atom is 0.419 e. The fourth-order valence-electron chi connectivity index (χ4n) is 4.03. The van der Waals surface area contributed by atoms with Gasteiger partial charge in [0, 0.05) is 29.3 Å². The van der Waals surface area contributed by atoms with E-state index in [9.17, 15) is 23.4 Å².